The van der Waals surface area contributed by atoms with E-state index >= 15 is 0 Å². The van der Waals surface area contributed by atoms with Crippen LogP contribution in [-0.4, -0.2) is 101 Å². The van der Waals surface area contributed by atoms with Crippen molar-refractivity contribution in [2.24, 2.45) is 5.73 Å². The predicted molar refractivity (Wildman–Crippen MR) is 186 cm³/mol. The van der Waals surface area contributed by atoms with E-state index in [4.69, 9.17) is 20.4 Å². The van der Waals surface area contributed by atoms with E-state index in [-0.39, 0.29) is 17.3 Å². The van der Waals surface area contributed by atoms with Gasteiger partial charge in [-0.2, -0.15) is 0 Å². The highest BCUT2D eigenvalue weighted by Crippen LogP contribution is 2.47. The molecule has 4 N–H and O–H groups in total. The van der Waals surface area contributed by atoms with Gasteiger partial charge in [-0.25, -0.2) is 9.97 Å². The average molecular weight is 640 g/mol. The Morgan fingerprint density at radius 3 is 2.51 bits per heavy atom. The molecule has 5 heterocycles. The molecular weight excluding hydrogens is 590 g/mol. The van der Waals surface area contributed by atoms with Gasteiger partial charge in [0, 0.05) is 86.8 Å². The topological polar surface area (TPSA) is 125 Å². The van der Waals surface area contributed by atoms with Gasteiger partial charge in [-0.15, -0.1) is 0 Å². The third-order valence-electron chi connectivity index (χ3n) is 10.5. The van der Waals surface area contributed by atoms with E-state index in [0.29, 0.717) is 23.4 Å². The summed E-state index contributed by atoms with van der Waals surface area (Å²) >= 11 is 0. The van der Waals surface area contributed by atoms with E-state index in [1.807, 2.05) is 19.1 Å². The van der Waals surface area contributed by atoms with Crippen LogP contribution < -0.4 is 21.3 Å². The van der Waals surface area contributed by atoms with E-state index in [1.54, 1.807) is 6.20 Å². The van der Waals surface area contributed by atoms with Crippen LogP contribution in [0.15, 0.2) is 36.5 Å². The molecular formula is C36H49N9O2. The van der Waals surface area contributed by atoms with E-state index in [0.717, 1.165) is 81.8 Å². The van der Waals surface area contributed by atoms with Crippen molar-refractivity contribution in [2.75, 3.05) is 68.5 Å². The van der Waals surface area contributed by atoms with Crippen LogP contribution in [0.3, 0.4) is 0 Å². The molecule has 11 nitrogen and oxygen atoms in total. The number of anilines is 4. The van der Waals surface area contributed by atoms with Crippen LogP contribution in [0.1, 0.15) is 67.2 Å². The minimum Gasteiger partial charge on any atom is -0.375 e. The third kappa shape index (κ3) is 7.07. The summed E-state index contributed by atoms with van der Waals surface area (Å²) in [6.07, 6.45) is 9.05. The van der Waals surface area contributed by atoms with Crippen molar-refractivity contribution in [1.82, 2.24) is 24.8 Å². The number of nitrogens with zero attached hydrogens (tertiary/aromatic N) is 6. The third-order valence-corrected chi connectivity index (χ3v) is 10.5. The standard InChI is InChI=1S/C36H49N9O2/c1-4-25-22-27(5-6-30(25)45-14-8-29(9-15-45)44-18-16-43(3)17-19-44)39-35-32(33(37)46)41-31(26-7-13-38-24(2)21-26)34(42-35)40-28-10-20-47-36(23-28)11-12-36/h5-7,13,21-22,28-29H,4,8-12,14-20,23H2,1-3H3,(H2,37,46)(H2,39,40,42). The Morgan fingerprint density at radius 2 is 1.81 bits per heavy atom. The molecule has 4 aliphatic rings. The molecule has 1 aliphatic carbocycles. The SMILES string of the molecule is CCc1cc(Nc2nc(NC3CCOC4(CC4)C3)c(-c3ccnc(C)c3)nc2C(N)=O)ccc1N1CCC(N2CCN(C)CC2)CC1. The van der Waals surface area contributed by atoms with Crippen molar-refractivity contribution in [2.45, 2.75) is 76.5 Å². The summed E-state index contributed by atoms with van der Waals surface area (Å²) in [5.41, 5.74) is 11.7. The van der Waals surface area contributed by atoms with Crippen LogP contribution in [0.4, 0.5) is 23.0 Å². The Bertz CT molecular complexity index is 1590. The molecule has 11 heteroatoms. The largest absolute Gasteiger partial charge is 0.375 e. The van der Waals surface area contributed by atoms with Gasteiger partial charge in [0.1, 0.15) is 5.69 Å². The fraction of sp³-hybridized carbons (Fsp3) is 0.556. The molecule has 1 spiro atoms. The number of hydrogen-bond donors (Lipinski definition) is 3. The number of likely N-dealkylation sites (N-methyl/N-ethyl adjacent to an activating group) is 1. The van der Waals surface area contributed by atoms with Gasteiger partial charge in [-0.1, -0.05) is 6.92 Å². The second-order valence-corrected chi connectivity index (χ2v) is 13.9. The maximum atomic E-state index is 12.8. The van der Waals surface area contributed by atoms with E-state index in [1.165, 1.54) is 37.2 Å². The summed E-state index contributed by atoms with van der Waals surface area (Å²) in [4.78, 5) is 34.7. The maximum absolute atomic E-state index is 12.8. The van der Waals surface area contributed by atoms with Gasteiger partial charge < -0.3 is 30.9 Å². The van der Waals surface area contributed by atoms with Crippen LogP contribution in [0, 0.1) is 6.92 Å². The first kappa shape index (κ1) is 31.8. The number of piperazine rings is 1. The van der Waals surface area contributed by atoms with Crippen molar-refractivity contribution in [1.29, 1.82) is 0 Å². The van der Waals surface area contributed by atoms with E-state index < -0.39 is 5.91 Å². The van der Waals surface area contributed by atoms with Crippen LogP contribution in [0.25, 0.3) is 11.3 Å². The smallest absolute Gasteiger partial charge is 0.271 e. The average Bonchev–Trinajstić information content (AvgIpc) is 3.82. The summed E-state index contributed by atoms with van der Waals surface area (Å²) in [5.74, 6) is 0.351. The van der Waals surface area contributed by atoms with Crippen LogP contribution in [0.5, 0.6) is 0 Å². The van der Waals surface area contributed by atoms with Gasteiger partial charge >= 0.3 is 0 Å². The molecule has 4 fully saturated rings. The highest BCUT2D eigenvalue weighted by molar-refractivity contribution is 5.97. The van der Waals surface area contributed by atoms with Gasteiger partial charge in [0.25, 0.3) is 5.91 Å². The predicted octanol–water partition coefficient (Wildman–Crippen LogP) is 4.59. The first-order valence-electron chi connectivity index (χ1n) is 17.4. The molecule has 3 aromatic rings. The Morgan fingerprint density at radius 1 is 1.02 bits per heavy atom. The molecule has 1 atom stereocenters. The second-order valence-electron chi connectivity index (χ2n) is 13.9. The molecule has 1 unspecified atom stereocenters. The zero-order valence-electron chi connectivity index (χ0n) is 28.1. The zero-order valence-corrected chi connectivity index (χ0v) is 28.1. The van der Waals surface area contributed by atoms with Crippen molar-refractivity contribution < 1.29 is 9.53 Å². The minimum absolute atomic E-state index is 0.00312. The molecule has 3 saturated heterocycles. The summed E-state index contributed by atoms with van der Waals surface area (Å²) in [5, 5.41) is 7.11. The number of primary amides is 1. The lowest BCUT2D eigenvalue weighted by molar-refractivity contribution is -0.00884. The summed E-state index contributed by atoms with van der Waals surface area (Å²) in [6, 6.07) is 11.2. The zero-order chi connectivity index (χ0) is 32.5. The number of carbonyl (C=O) groups is 1. The fourth-order valence-electron chi connectivity index (χ4n) is 7.57. The Balaban J connectivity index is 1.13. The number of rotatable bonds is 9. The van der Waals surface area contributed by atoms with E-state index in [2.05, 4.69) is 62.5 Å². The molecule has 47 heavy (non-hydrogen) atoms. The molecule has 1 aromatic carbocycles. The van der Waals surface area contributed by atoms with Gasteiger partial charge in [-0.3, -0.25) is 14.7 Å². The normalized spacial score (nSPS) is 21.9. The van der Waals surface area contributed by atoms with Crippen LogP contribution in [-0.2, 0) is 11.2 Å². The molecule has 0 bridgehead atoms. The number of carbonyl (C=O) groups excluding carboxylic acids is 1. The minimum atomic E-state index is -0.628. The molecule has 2 aromatic heterocycles. The summed E-state index contributed by atoms with van der Waals surface area (Å²) in [6.45, 7) is 11.7. The summed E-state index contributed by atoms with van der Waals surface area (Å²) < 4.78 is 6.07. The van der Waals surface area contributed by atoms with Gasteiger partial charge in [0.05, 0.1) is 5.60 Å². The first-order valence-corrected chi connectivity index (χ1v) is 17.4. The van der Waals surface area contributed by atoms with E-state index in [9.17, 15) is 4.79 Å². The molecule has 3 aliphatic heterocycles. The van der Waals surface area contributed by atoms with Gasteiger partial charge in [-0.05, 0) is 94.8 Å². The Kier molecular flexibility index (Phi) is 9.04. The lowest BCUT2D eigenvalue weighted by atomic mass is 10.00. The number of aryl methyl sites for hydroxylation is 2. The number of nitrogens with two attached hydrogens (primary N) is 1. The first-order chi connectivity index (χ1) is 22.8. The number of hydrogen-bond acceptors (Lipinski definition) is 10. The number of piperidine rings is 1. The molecule has 1 amide bonds. The molecule has 1 saturated carbocycles. The number of pyridine rings is 1. The maximum Gasteiger partial charge on any atom is 0.271 e. The van der Waals surface area contributed by atoms with Crippen molar-refractivity contribution in [3.8, 4) is 11.3 Å². The van der Waals surface area contributed by atoms with Crippen molar-refractivity contribution >= 4 is 28.9 Å². The van der Waals surface area contributed by atoms with Gasteiger partial charge in [0.15, 0.2) is 17.3 Å². The number of benzene rings is 1. The molecule has 0 radical (unpaired) electrons. The highest BCUT2D eigenvalue weighted by atomic mass is 16.5. The van der Waals surface area contributed by atoms with Crippen molar-refractivity contribution in [3.63, 3.8) is 0 Å². The summed E-state index contributed by atoms with van der Waals surface area (Å²) in [7, 11) is 2.22. The highest BCUT2D eigenvalue weighted by Gasteiger charge is 2.48. The number of aromatic nitrogens is 3. The Labute approximate surface area is 278 Å². The van der Waals surface area contributed by atoms with Crippen LogP contribution in [0.2, 0.25) is 0 Å². The lowest BCUT2D eigenvalue weighted by Crippen LogP contribution is -2.52. The number of amides is 1. The second kappa shape index (κ2) is 13.4. The number of ether oxygens (including phenoxy) is 1. The lowest BCUT2D eigenvalue weighted by Gasteiger charge is -2.43. The molecule has 7 rings (SSSR count). The molecule has 250 valence electrons. The van der Waals surface area contributed by atoms with Crippen LogP contribution >= 0.6 is 0 Å². The quantitative estimate of drug-likeness (QED) is 0.306. The fourth-order valence-corrected chi connectivity index (χ4v) is 7.57. The van der Waals surface area contributed by atoms with Crippen molar-refractivity contribution in [3.05, 3.63) is 53.5 Å². The number of nitrogens with one attached hydrogen (secondary N) is 2. The Hall–Kier alpha value is -3.80. The monoisotopic (exact) mass is 639 g/mol. The van der Waals surface area contributed by atoms with Gasteiger partial charge in [0.2, 0.25) is 0 Å².